The predicted molar refractivity (Wildman–Crippen MR) is 102 cm³/mol. The summed E-state index contributed by atoms with van der Waals surface area (Å²) in [5.41, 5.74) is 1.35. The van der Waals surface area contributed by atoms with Crippen molar-refractivity contribution in [3.05, 3.63) is 53.7 Å². The van der Waals surface area contributed by atoms with Crippen molar-refractivity contribution < 1.29 is 23.1 Å². The molecule has 10 heteroatoms. The summed E-state index contributed by atoms with van der Waals surface area (Å²) >= 11 is 0. The van der Waals surface area contributed by atoms with Gasteiger partial charge < -0.3 is 10.0 Å². The Morgan fingerprint density at radius 1 is 1.20 bits per heavy atom. The van der Waals surface area contributed by atoms with Crippen LogP contribution < -0.4 is 0 Å². The number of carbonyl (C=O) groups excluding carboxylic acids is 1. The number of aliphatic hydroxyl groups excluding tert-OH is 1. The Labute approximate surface area is 170 Å². The first kappa shape index (κ1) is 20.3. The van der Waals surface area contributed by atoms with Gasteiger partial charge in [0.25, 0.3) is 5.91 Å². The summed E-state index contributed by atoms with van der Waals surface area (Å²) in [6.07, 6.45) is -0.706. The van der Waals surface area contributed by atoms with Crippen molar-refractivity contribution in [2.24, 2.45) is 0 Å². The first-order valence-electron chi connectivity index (χ1n) is 9.59. The third kappa shape index (κ3) is 4.43. The van der Waals surface area contributed by atoms with E-state index in [2.05, 4.69) is 15.1 Å². The van der Waals surface area contributed by atoms with Gasteiger partial charge in [0.1, 0.15) is 12.2 Å². The molecule has 158 valence electrons. The van der Waals surface area contributed by atoms with Gasteiger partial charge in [-0.2, -0.15) is 18.3 Å². The molecule has 30 heavy (non-hydrogen) atoms. The monoisotopic (exact) mass is 419 g/mol. The molecule has 0 saturated carbocycles. The molecule has 0 bridgehead atoms. The van der Waals surface area contributed by atoms with E-state index in [9.17, 15) is 23.1 Å². The fraction of sp³-hybridized carbons (Fsp3) is 0.400. The molecule has 0 aromatic carbocycles. The number of aliphatic hydroxyl groups is 1. The van der Waals surface area contributed by atoms with Gasteiger partial charge in [0.15, 0.2) is 0 Å². The zero-order chi connectivity index (χ0) is 21.3. The number of amides is 1. The molecule has 0 aliphatic carbocycles. The lowest BCUT2D eigenvalue weighted by molar-refractivity contribution is -0.141. The standard InChI is InChI=1S/C20H20F3N5O2/c21-20(22,23)12-28-18-10-17(19(30)27-7-4-14(29)5-8-27)25-11-15(18)16(26-28)9-13-3-1-2-6-24-13/h1-3,6,10-11,14,29H,4-5,7-9,12H2. The SMILES string of the molecule is O=C(c1cc2c(cn1)c(Cc1ccccn1)nn2CC(F)(F)F)N1CCC(O)CC1. The number of hydrogen-bond acceptors (Lipinski definition) is 5. The Kier molecular flexibility index (Phi) is 5.42. The molecule has 4 rings (SSSR count). The Bertz CT molecular complexity index is 1040. The van der Waals surface area contributed by atoms with Gasteiger partial charge in [-0.15, -0.1) is 0 Å². The van der Waals surface area contributed by atoms with Crippen LogP contribution in [0.1, 0.15) is 34.7 Å². The maximum atomic E-state index is 13.1. The van der Waals surface area contributed by atoms with Crippen molar-refractivity contribution in [2.75, 3.05) is 13.1 Å². The number of hydrogen-bond donors (Lipinski definition) is 1. The van der Waals surface area contributed by atoms with Crippen LogP contribution in [0.2, 0.25) is 0 Å². The van der Waals surface area contributed by atoms with Crippen LogP contribution in [0, 0.1) is 0 Å². The van der Waals surface area contributed by atoms with Crippen molar-refractivity contribution >= 4 is 16.8 Å². The zero-order valence-corrected chi connectivity index (χ0v) is 16.0. The van der Waals surface area contributed by atoms with Gasteiger partial charge in [0.05, 0.1) is 17.3 Å². The number of halogens is 3. The van der Waals surface area contributed by atoms with Gasteiger partial charge >= 0.3 is 6.18 Å². The second-order valence-corrected chi connectivity index (χ2v) is 7.33. The fourth-order valence-electron chi connectivity index (χ4n) is 3.58. The zero-order valence-electron chi connectivity index (χ0n) is 16.0. The van der Waals surface area contributed by atoms with Crippen LogP contribution >= 0.6 is 0 Å². The van der Waals surface area contributed by atoms with Crippen LogP contribution in [0.25, 0.3) is 10.9 Å². The summed E-state index contributed by atoms with van der Waals surface area (Å²) < 4.78 is 40.2. The Hall–Kier alpha value is -3.01. The molecule has 1 amide bonds. The van der Waals surface area contributed by atoms with Gasteiger partial charge in [-0.1, -0.05) is 6.07 Å². The molecule has 1 N–H and O–H groups in total. The lowest BCUT2D eigenvalue weighted by Crippen LogP contribution is -2.40. The van der Waals surface area contributed by atoms with Crippen LogP contribution in [-0.4, -0.2) is 61.0 Å². The minimum absolute atomic E-state index is 0.0617. The quantitative estimate of drug-likeness (QED) is 0.703. The van der Waals surface area contributed by atoms with E-state index in [4.69, 9.17) is 0 Å². The molecule has 0 unspecified atom stereocenters. The van der Waals surface area contributed by atoms with Crippen LogP contribution in [0.3, 0.4) is 0 Å². The highest BCUT2D eigenvalue weighted by Crippen LogP contribution is 2.26. The number of aromatic nitrogens is 4. The Morgan fingerprint density at radius 3 is 2.63 bits per heavy atom. The third-order valence-electron chi connectivity index (χ3n) is 5.09. The van der Waals surface area contributed by atoms with E-state index in [-0.39, 0.29) is 23.5 Å². The van der Waals surface area contributed by atoms with Gasteiger partial charge in [0.2, 0.25) is 0 Å². The first-order valence-corrected chi connectivity index (χ1v) is 9.59. The molecule has 1 fully saturated rings. The summed E-state index contributed by atoms with van der Waals surface area (Å²) in [5, 5.41) is 14.2. The number of alkyl halides is 3. The van der Waals surface area contributed by atoms with Crippen molar-refractivity contribution in [3.63, 3.8) is 0 Å². The number of fused-ring (bicyclic) bond motifs is 1. The maximum absolute atomic E-state index is 13.1. The van der Waals surface area contributed by atoms with E-state index in [0.717, 1.165) is 4.68 Å². The summed E-state index contributed by atoms with van der Waals surface area (Å²) in [7, 11) is 0. The molecular weight excluding hydrogens is 399 g/mol. The van der Waals surface area contributed by atoms with Gasteiger partial charge in [-0.3, -0.25) is 19.4 Å². The molecule has 3 aromatic rings. The second-order valence-electron chi connectivity index (χ2n) is 7.33. The normalized spacial score (nSPS) is 15.7. The number of pyridine rings is 2. The largest absolute Gasteiger partial charge is 0.408 e. The predicted octanol–water partition coefficient (Wildman–Crippen LogP) is 2.58. The van der Waals surface area contributed by atoms with Crippen LogP contribution in [0.4, 0.5) is 13.2 Å². The average Bonchev–Trinajstić information content (AvgIpc) is 3.03. The minimum Gasteiger partial charge on any atom is -0.393 e. The molecule has 7 nitrogen and oxygen atoms in total. The lowest BCUT2D eigenvalue weighted by atomic mass is 10.1. The highest BCUT2D eigenvalue weighted by atomic mass is 19.4. The number of carbonyl (C=O) groups is 1. The van der Waals surface area contributed by atoms with Crippen LogP contribution in [-0.2, 0) is 13.0 Å². The molecule has 1 saturated heterocycles. The summed E-state index contributed by atoms with van der Waals surface area (Å²) in [4.78, 5) is 22.7. The molecule has 4 heterocycles. The molecule has 0 radical (unpaired) electrons. The number of rotatable bonds is 4. The molecule has 1 aliphatic rings. The topological polar surface area (TPSA) is 84.1 Å². The molecule has 3 aromatic heterocycles. The number of nitrogens with zero attached hydrogens (tertiary/aromatic N) is 5. The van der Waals surface area contributed by atoms with E-state index >= 15 is 0 Å². The highest BCUT2D eigenvalue weighted by molar-refractivity contribution is 5.96. The molecular formula is C20H20F3N5O2. The van der Waals surface area contributed by atoms with Crippen molar-refractivity contribution in [3.8, 4) is 0 Å². The number of likely N-dealkylation sites (tertiary alicyclic amines) is 1. The van der Waals surface area contributed by atoms with Crippen molar-refractivity contribution in [2.45, 2.75) is 38.1 Å². The first-order chi connectivity index (χ1) is 14.3. The fourth-order valence-corrected chi connectivity index (χ4v) is 3.58. The van der Waals surface area contributed by atoms with Gasteiger partial charge in [0, 0.05) is 43.0 Å². The van der Waals surface area contributed by atoms with E-state index in [1.54, 1.807) is 29.3 Å². The Morgan fingerprint density at radius 2 is 1.97 bits per heavy atom. The number of piperidine rings is 1. The smallest absolute Gasteiger partial charge is 0.393 e. The Balaban J connectivity index is 1.70. The summed E-state index contributed by atoms with van der Waals surface area (Å²) in [5.74, 6) is -0.366. The molecule has 0 spiro atoms. The van der Waals surface area contributed by atoms with E-state index in [0.29, 0.717) is 42.7 Å². The summed E-state index contributed by atoms with van der Waals surface area (Å²) in [6, 6.07) is 6.68. The third-order valence-corrected chi connectivity index (χ3v) is 5.09. The average molecular weight is 419 g/mol. The van der Waals surface area contributed by atoms with E-state index in [1.807, 2.05) is 0 Å². The van der Waals surface area contributed by atoms with E-state index in [1.165, 1.54) is 12.3 Å². The minimum atomic E-state index is -4.46. The lowest BCUT2D eigenvalue weighted by Gasteiger charge is -2.29. The van der Waals surface area contributed by atoms with Crippen LogP contribution in [0.15, 0.2) is 36.7 Å². The van der Waals surface area contributed by atoms with Crippen molar-refractivity contribution in [1.29, 1.82) is 0 Å². The summed E-state index contributed by atoms with van der Waals surface area (Å²) in [6.45, 7) is -0.502. The van der Waals surface area contributed by atoms with Crippen LogP contribution in [0.5, 0.6) is 0 Å². The molecule has 0 atom stereocenters. The van der Waals surface area contributed by atoms with Crippen molar-refractivity contribution in [1.82, 2.24) is 24.6 Å². The van der Waals surface area contributed by atoms with E-state index < -0.39 is 18.8 Å². The highest BCUT2D eigenvalue weighted by Gasteiger charge is 2.31. The van der Waals surface area contributed by atoms with Gasteiger partial charge in [-0.05, 0) is 31.0 Å². The second kappa shape index (κ2) is 8.02. The van der Waals surface area contributed by atoms with Gasteiger partial charge in [-0.25, -0.2) is 0 Å². The maximum Gasteiger partial charge on any atom is 0.408 e. The molecule has 1 aliphatic heterocycles.